The lowest BCUT2D eigenvalue weighted by atomic mass is 9.88. The van der Waals surface area contributed by atoms with Gasteiger partial charge in [0.1, 0.15) is 29.3 Å². The van der Waals surface area contributed by atoms with Gasteiger partial charge in [-0.2, -0.15) is 14.6 Å². The van der Waals surface area contributed by atoms with Gasteiger partial charge >= 0.3 is 0 Å². The van der Waals surface area contributed by atoms with E-state index in [1.807, 2.05) is 0 Å². The molecule has 0 aliphatic heterocycles. The molecule has 0 unspecified atom stereocenters. The van der Waals surface area contributed by atoms with E-state index < -0.39 is 48.1 Å². The monoisotopic (exact) mass is 562 g/mol. The first kappa shape index (κ1) is 27.0. The first-order chi connectivity index (χ1) is 18.7. The Morgan fingerprint density at radius 2 is 1.92 bits per heavy atom. The van der Waals surface area contributed by atoms with Crippen LogP contribution in [0.1, 0.15) is 67.7 Å². The molecular weight excluding hydrogens is 534 g/mol. The van der Waals surface area contributed by atoms with Crippen LogP contribution in [0.4, 0.5) is 14.5 Å². The Kier molecular flexibility index (Phi) is 7.52. The molecule has 11 nitrogen and oxygen atoms in total. The standard InChI is InChI=1S/C25H29ClF2N8O3/c1-12(10-27)36-18(7-8-29-36)24(38)31-21(20(14-3-4-14)15-5-6-15)25(39)30-17-11-35(34-22(17)28)13(2)16-9-19(26)32-33-23(16)37/h7-9,11-15,20-21H,3-6,10H2,1-2H3,(H,30,39)(H,31,38)(H,33,37)/t12-,13-,21-/m0/s1. The maximum absolute atomic E-state index is 14.9. The highest BCUT2D eigenvalue weighted by molar-refractivity contribution is 6.29. The second kappa shape index (κ2) is 10.9. The highest BCUT2D eigenvalue weighted by atomic mass is 35.5. The zero-order chi connectivity index (χ0) is 27.8. The van der Waals surface area contributed by atoms with Gasteiger partial charge in [0.15, 0.2) is 0 Å². The van der Waals surface area contributed by atoms with E-state index in [2.05, 4.69) is 31.0 Å². The smallest absolute Gasteiger partial charge is 0.270 e. The summed E-state index contributed by atoms with van der Waals surface area (Å²) in [6, 6.07) is 0.522. The first-order valence-corrected chi connectivity index (χ1v) is 13.3. The number of anilines is 1. The van der Waals surface area contributed by atoms with Crippen molar-refractivity contribution < 1.29 is 18.4 Å². The lowest BCUT2D eigenvalue weighted by molar-refractivity contribution is -0.119. The Bertz CT molecular complexity index is 1420. The molecule has 5 rings (SSSR count). The van der Waals surface area contributed by atoms with Gasteiger partial charge in [0.25, 0.3) is 17.4 Å². The molecule has 2 saturated carbocycles. The van der Waals surface area contributed by atoms with Crippen molar-refractivity contribution >= 4 is 29.1 Å². The van der Waals surface area contributed by atoms with Gasteiger partial charge in [-0.3, -0.25) is 23.7 Å². The summed E-state index contributed by atoms with van der Waals surface area (Å²) < 4.78 is 30.7. The van der Waals surface area contributed by atoms with E-state index in [9.17, 15) is 23.2 Å². The van der Waals surface area contributed by atoms with Crippen molar-refractivity contribution in [1.29, 1.82) is 0 Å². The molecule has 2 aliphatic carbocycles. The lowest BCUT2D eigenvalue weighted by Gasteiger charge is -2.27. The fraction of sp³-hybridized carbons (Fsp3) is 0.520. The minimum absolute atomic E-state index is 0.0598. The van der Waals surface area contributed by atoms with E-state index in [1.165, 1.54) is 33.9 Å². The van der Waals surface area contributed by atoms with E-state index in [0.717, 1.165) is 25.7 Å². The fourth-order valence-corrected chi connectivity index (χ4v) is 5.22. The minimum Gasteiger partial charge on any atom is -0.339 e. The number of carbonyl (C=O) groups is 2. The Morgan fingerprint density at radius 3 is 2.56 bits per heavy atom. The number of amides is 2. The van der Waals surface area contributed by atoms with Crippen LogP contribution in [0.3, 0.4) is 0 Å². The van der Waals surface area contributed by atoms with Crippen molar-refractivity contribution in [2.45, 2.75) is 57.7 Å². The average molecular weight is 563 g/mol. The van der Waals surface area contributed by atoms with E-state index in [-0.39, 0.29) is 39.9 Å². The molecule has 2 amide bonds. The molecule has 3 heterocycles. The van der Waals surface area contributed by atoms with Crippen molar-refractivity contribution in [2.24, 2.45) is 17.8 Å². The number of halogens is 3. The van der Waals surface area contributed by atoms with Crippen LogP contribution < -0.4 is 16.2 Å². The average Bonchev–Trinajstić information content (AvgIpc) is 3.85. The molecule has 3 atom stereocenters. The van der Waals surface area contributed by atoms with Crippen LogP contribution in [0.25, 0.3) is 0 Å². The summed E-state index contributed by atoms with van der Waals surface area (Å²) in [5, 5.41) is 19.3. The Morgan fingerprint density at radius 1 is 1.23 bits per heavy atom. The molecular formula is C25H29ClF2N8O3. The maximum atomic E-state index is 14.9. The number of nitrogens with one attached hydrogen (secondary N) is 3. The SMILES string of the molecule is C[C@@H](c1cc(Cl)n[nH]c1=O)n1cc(NC(=O)[C@@H](NC(=O)c2ccnn2[C@@H](C)CF)C(C2CC2)C2CC2)c(F)n1. The van der Waals surface area contributed by atoms with E-state index in [4.69, 9.17) is 11.6 Å². The van der Waals surface area contributed by atoms with Gasteiger partial charge < -0.3 is 10.6 Å². The van der Waals surface area contributed by atoms with Gasteiger partial charge in [-0.15, -0.1) is 5.10 Å². The van der Waals surface area contributed by atoms with Crippen molar-refractivity contribution in [2.75, 3.05) is 12.0 Å². The summed E-state index contributed by atoms with van der Waals surface area (Å²) in [6.07, 6.45) is 6.48. The third-order valence-electron chi connectivity index (χ3n) is 7.42. The Labute approximate surface area is 227 Å². The van der Waals surface area contributed by atoms with Crippen molar-refractivity contribution in [3.63, 3.8) is 0 Å². The molecule has 0 aromatic carbocycles. The summed E-state index contributed by atoms with van der Waals surface area (Å²) in [4.78, 5) is 39.1. The second-order valence-electron chi connectivity index (χ2n) is 10.3. The number of rotatable bonds is 11. The molecule has 208 valence electrons. The van der Waals surface area contributed by atoms with E-state index in [0.29, 0.717) is 0 Å². The third-order valence-corrected chi connectivity index (χ3v) is 7.62. The zero-order valence-electron chi connectivity index (χ0n) is 21.4. The molecule has 0 saturated heterocycles. The topological polar surface area (TPSA) is 140 Å². The van der Waals surface area contributed by atoms with Gasteiger partial charge in [-0.25, -0.2) is 9.49 Å². The minimum atomic E-state index is -0.943. The van der Waals surface area contributed by atoms with E-state index >= 15 is 0 Å². The van der Waals surface area contributed by atoms with Gasteiger partial charge in [0, 0.05) is 11.8 Å². The molecule has 0 spiro atoms. The molecule has 0 bridgehead atoms. The Balaban J connectivity index is 1.39. The fourth-order valence-electron chi connectivity index (χ4n) is 5.06. The molecule has 3 aromatic heterocycles. The van der Waals surface area contributed by atoms with Crippen molar-refractivity contribution in [3.05, 3.63) is 57.2 Å². The van der Waals surface area contributed by atoms with Crippen LogP contribution in [0.15, 0.2) is 29.3 Å². The molecule has 0 radical (unpaired) electrons. The zero-order valence-corrected chi connectivity index (χ0v) is 22.2. The molecule has 3 aromatic rings. The van der Waals surface area contributed by atoms with Gasteiger partial charge in [0.2, 0.25) is 5.91 Å². The number of hydrogen-bond donors (Lipinski definition) is 3. The summed E-state index contributed by atoms with van der Waals surface area (Å²) in [5.74, 6) is -1.64. The Hall–Kier alpha value is -3.61. The highest BCUT2D eigenvalue weighted by Crippen LogP contribution is 2.51. The van der Waals surface area contributed by atoms with Gasteiger partial charge in [-0.05, 0) is 69.4 Å². The number of nitrogens with zero attached hydrogens (tertiary/aromatic N) is 5. The number of alkyl halides is 1. The molecule has 2 fully saturated rings. The number of H-pyrrole nitrogens is 1. The molecule has 3 N–H and O–H groups in total. The van der Waals surface area contributed by atoms with Crippen molar-refractivity contribution in [1.82, 2.24) is 35.1 Å². The number of aromatic amines is 1. The van der Waals surface area contributed by atoms with Gasteiger partial charge in [-0.1, -0.05) is 11.6 Å². The maximum Gasteiger partial charge on any atom is 0.270 e. The van der Waals surface area contributed by atoms with Crippen LogP contribution in [0, 0.1) is 23.7 Å². The number of hydrogen-bond acceptors (Lipinski definition) is 6. The van der Waals surface area contributed by atoms with Crippen LogP contribution in [-0.2, 0) is 4.79 Å². The summed E-state index contributed by atoms with van der Waals surface area (Å²) in [5.41, 5.74) is -0.349. The van der Waals surface area contributed by atoms with Crippen LogP contribution in [0.2, 0.25) is 5.15 Å². The predicted molar refractivity (Wildman–Crippen MR) is 138 cm³/mol. The quantitative estimate of drug-likeness (QED) is 0.328. The number of carbonyl (C=O) groups excluding carboxylic acids is 2. The first-order valence-electron chi connectivity index (χ1n) is 12.9. The largest absolute Gasteiger partial charge is 0.339 e. The third kappa shape index (κ3) is 5.72. The number of aromatic nitrogens is 6. The van der Waals surface area contributed by atoms with Crippen LogP contribution in [-0.4, -0.2) is 54.3 Å². The van der Waals surface area contributed by atoms with Crippen molar-refractivity contribution in [3.8, 4) is 0 Å². The molecule has 2 aliphatic rings. The summed E-state index contributed by atoms with van der Waals surface area (Å²) in [6.45, 7) is 2.51. The highest BCUT2D eigenvalue weighted by Gasteiger charge is 2.48. The summed E-state index contributed by atoms with van der Waals surface area (Å²) in [7, 11) is 0. The van der Waals surface area contributed by atoms with Gasteiger partial charge in [0.05, 0.1) is 18.3 Å². The second-order valence-corrected chi connectivity index (χ2v) is 10.7. The summed E-state index contributed by atoms with van der Waals surface area (Å²) >= 11 is 5.89. The van der Waals surface area contributed by atoms with Crippen LogP contribution >= 0.6 is 11.6 Å². The van der Waals surface area contributed by atoms with E-state index in [1.54, 1.807) is 13.8 Å². The molecule has 39 heavy (non-hydrogen) atoms. The normalized spacial score (nSPS) is 17.6. The molecule has 14 heteroatoms. The lowest BCUT2D eigenvalue weighted by Crippen LogP contribution is -2.50. The predicted octanol–water partition coefficient (Wildman–Crippen LogP) is 3.27. The van der Waals surface area contributed by atoms with Crippen LogP contribution in [0.5, 0.6) is 0 Å².